The zero-order valence-corrected chi connectivity index (χ0v) is 83.4. The fraction of sp³-hybridized carbons (Fsp3) is 0.394. The highest BCUT2D eigenvalue weighted by Crippen LogP contribution is 2.39. The first-order valence-electron chi connectivity index (χ1n) is 44.9. The van der Waals surface area contributed by atoms with E-state index >= 15 is 0 Å². The molecule has 0 aliphatic carbocycles. The van der Waals surface area contributed by atoms with E-state index in [1.165, 1.54) is 77.2 Å². The maximum Gasteiger partial charge on any atom is 0.329 e. The number of aliphatic hydroxyl groups is 2. The lowest BCUT2D eigenvalue weighted by Gasteiger charge is -2.27. The van der Waals surface area contributed by atoms with E-state index in [0.29, 0.717) is 123 Å². The number of esters is 1. The van der Waals surface area contributed by atoms with Crippen LogP contribution in [0.1, 0.15) is 191 Å². The van der Waals surface area contributed by atoms with Crippen LogP contribution in [0.15, 0.2) is 134 Å². The number of aliphatic hydroxyl groups excluding tert-OH is 2. The van der Waals surface area contributed by atoms with E-state index in [4.69, 9.17) is 120 Å². The van der Waals surface area contributed by atoms with Crippen LogP contribution in [0.4, 0.5) is 8.78 Å². The average Bonchev–Trinajstić information content (AvgIpc) is 1.64. The maximum atomic E-state index is 14.0. The first kappa shape index (κ1) is 109. The van der Waals surface area contributed by atoms with Crippen LogP contribution in [0.3, 0.4) is 0 Å². The van der Waals surface area contributed by atoms with Crippen molar-refractivity contribution in [2.45, 2.75) is 181 Å². The molecule has 0 spiro atoms. The molecule has 3 fully saturated rings. The number of fused-ring (bicyclic) bond motifs is 4. The molecule has 6 atom stereocenters. The van der Waals surface area contributed by atoms with E-state index in [-0.39, 0.29) is 84.4 Å². The first-order valence-corrected chi connectivity index (χ1v) is 47.2. The molecule has 5 amide bonds. The van der Waals surface area contributed by atoms with Gasteiger partial charge in [0.05, 0.1) is 87.7 Å². The summed E-state index contributed by atoms with van der Waals surface area (Å²) in [5.41, 5.74) is 22.1. The van der Waals surface area contributed by atoms with Gasteiger partial charge in [0.25, 0.3) is 23.6 Å². The molecule has 0 unspecified atom stereocenters. The Morgan fingerprint density at radius 1 is 0.486 bits per heavy atom. The number of carbonyl (C=O) groups is 8. The second-order valence-electron chi connectivity index (χ2n) is 35.3. The quantitative estimate of drug-likeness (QED) is 0.0245. The van der Waals surface area contributed by atoms with Crippen molar-refractivity contribution in [3.63, 3.8) is 0 Å². The number of carbonyl (C=O) groups excluding carboxylic acids is 6. The summed E-state index contributed by atoms with van der Waals surface area (Å²) in [6.45, 7) is 18.7. The number of amides is 5. The standard InChI is InChI=1S/C30H32ClFN4O5.C21H22ClN3O4.C19H19Cl2N3O3.C15H11Cl2N3O3.C9H12FNO.C5H11NO.ClH/c1-17(29(38)34-26(16-37)21-10-22(32)13-23(11-21)40-2)36-15-20-4-3-19(12-24(20)30(36)39)28-25(31)14-33-27(35-28)9-18-5-7-41-8-6-18;1-12(21(27)28)25-11-15-3-2-14(9-16(15)20(25)26)19-17(22)10-23-18(24-19)8-13-4-6-29-7-5-13;1-10(17(26)27-19(2,3)4)24-9-12-6-5-11(7-13(12)16(24)25)15-14(20)8-22-18(21)23-15;1-7(14(22)23)20-6-9-3-2-8(4-10(9)13(20)21)12-11(16)5-18-15(17)19-12;1-6-2-7(9(11)5-12)4-8(10)3-6;6-5-1-3-7-4-2-5;/h3-4,10-14,17-18,26,37H,5-9,15-16H2,1-2H3,(H,34,38);2-3,9-10,12-13H,4-8,11H2,1H3,(H,27,28);5-8,10H,9H2,1-4H3;2-5,7H,6H2,1H3,(H,22,23);2-4,9,12H,5,11H2,1H3;5H,1-4,6H2;1H/t17-,26-;12-;10-;7-;9-;;/m11111../s1. The number of ether oxygens (including phenoxy) is 5. The van der Waals surface area contributed by atoms with Crippen molar-refractivity contribution in [1.29, 1.82) is 0 Å². The molecule has 41 heteroatoms. The van der Waals surface area contributed by atoms with Crippen LogP contribution in [0.5, 0.6) is 5.75 Å². The summed E-state index contributed by atoms with van der Waals surface area (Å²) < 4.78 is 53.2. The fourth-order valence-corrected chi connectivity index (χ4v) is 17.3. The van der Waals surface area contributed by atoms with E-state index in [1.807, 2.05) is 36.4 Å². The van der Waals surface area contributed by atoms with E-state index in [2.05, 4.69) is 40.2 Å². The Morgan fingerprint density at radius 3 is 1.18 bits per heavy atom. The third-order valence-electron chi connectivity index (χ3n) is 24.2. The maximum absolute atomic E-state index is 14.0. The van der Waals surface area contributed by atoms with E-state index in [0.717, 1.165) is 130 Å². The van der Waals surface area contributed by atoms with Gasteiger partial charge in [-0.3, -0.25) is 24.0 Å². The summed E-state index contributed by atoms with van der Waals surface area (Å²) in [6.07, 6.45) is 13.5. The van der Waals surface area contributed by atoms with Gasteiger partial charge in [-0.1, -0.05) is 101 Å². The number of nitrogens with one attached hydrogen (secondary N) is 1. The number of methoxy groups -OCH3 is 1. The third kappa shape index (κ3) is 28.0. The van der Waals surface area contributed by atoms with E-state index in [1.54, 1.807) is 102 Å². The van der Waals surface area contributed by atoms with Crippen LogP contribution in [-0.4, -0.2) is 223 Å². The van der Waals surface area contributed by atoms with Gasteiger partial charge >= 0.3 is 17.9 Å². The highest BCUT2D eigenvalue weighted by molar-refractivity contribution is 6.35. The van der Waals surface area contributed by atoms with Crippen molar-refractivity contribution in [1.82, 2.24) is 64.8 Å². The molecule has 10 aromatic rings. The third-order valence-corrected chi connectivity index (χ3v) is 25.7. The van der Waals surface area contributed by atoms with Gasteiger partial charge in [0.15, 0.2) is 0 Å². The summed E-state index contributed by atoms with van der Waals surface area (Å²) in [4.78, 5) is 139. The number of carboxylic acid groups (broad SMARTS) is 2. The predicted molar refractivity (Wildman–Crippen MR) is 524 cm³/mol. The summed E-state index contributed by atoms with van der Waals surface area (Å²) in [7, 11) is 1.40. The summed E-state index contributed by atoms with van der Waals surface area (Å²) in [6, 6.07) is 25.7. The Balaban J connectivity index is 0.000000170. The molecule has 0 radical (unpaired) electrons. The molecule has 11 heterocycles. The molecule has 9 N–H and O–H groups in total. The number of nitrogens with zero attached hydrogens (tertiary/aromatic N) is 12. The van der Waals surface area contributed by atoms with Gasteiger partial charge in [0, 0.05) is 148 Å². The first-order chi connectivity index (χ1) is 66.2. The van der Waals surface area contributed by atoms with Gasteiger partial charge in [0.1, 0.15) is 58.8 Å². The summed E-state index contributed by atoms with van der Waals surface area (Å²) in [5, 5.41) is 41.3. The zero-order valence-electron chi connectivity index (χ0n) is 78.1. The lowest BCUT2D eigenvalue weighted by Crippen LogP contribution is -2.46. The number of aromatic nitrogens is 8. The van der Waals surface area contributed by atoms with Crippen LogP contribution < -0.4 is 21.5 Å². The number of halogens is 9. The SMILES string of the molecule is COc1cc(F)cc([C@@H](CO)NC(=O)[C@@H](C)N2Cc3ccc(-c4nc(CC5CCOCC5)ncc4Cl)cc3C2=O)c1.C[C@H](C(=O)O)N1Cc2ccc(-c3nc(CC4CCOCC4)ncc3Cl)cc2C1=O.C[C@H](C(=O)O)N1Cc2ccc(-c3nc(Cl)ncc3Cl)cc2C1=O.C[C@H](C(=O)OC(C)(C)C)N1Cc2ccc(-c3nc(Cl)ncc3Cl)cc2C1=O.Cc1cc(F)cc([C@H](N)CO)c1.Cl.NC1CCOCC1. The van der Waals surface area contributed by atoms with Crippen LogP contribution in [0.2, 0.25) is 30.7 Å². The molecule has 4 aromatic heterocycles. The predicted octanol–water partition coefficient (Wildman–Crippen LogP) is 16.0. The van der Waals surface area contributed by atoms with Crippen molar-refractivity contribution in [3.05, 3.63) is 249 Å². The second kappa shape index (κ2) is 49.5. The molecule has 6 aromatic carbocycles. The Bertz CT molecular complexity index is 6180. The summed E-state index contributed by atoms with van der Waals surface area (Å²) >= 11 is 36.7. The molecule has 7 aliphatic heterocycles. The number of carboxylic acids is 2. The highest BCUT2D eigenvalue weighted by atomic mass is 35.5. The number of aliphatic carboxylic acids is 2. The molecular formula is C99H108Cl7F2N15O17. The molecule has 0 saturated carbocycles. The number of rotatable bonds is 22. The van der Waals surface area contributed by atoms with E-state index in [9.17, 15) is 57.4 Å². The lowest BCUT2D eigenvalue weighted by atomic mass is 9.96. The molecule has 744 valence electrons. The second-order valence-corrected chi connectivity index (χ2v) is 37.6. The van der Waals surface area contributed by atoms with Gasteiger partial charge in [-0.15, -0.1) is 12.4 Å². The fourth-order valence-electron chi connectivity index (χ4n) is 16.2. The van der Waals surface area contributed by atoms with Crippen molar-refractivity contribution >= 4 is 129 Å². The van der Waals surface area contributed by atoms with Gasteiger partial charge in [-0.2, -0.15) is 0 Å². The smallest absolute Gasteiger partial charge is 0.329 e. The summed E-state index contributed by atoms with van der Waals surface area (Å²) in [5.74, 6) is -2.37. The minimum atomic E-state index is -1.04. The Labute approximate surface area is 843 Å². The molecular weight excluding hydrogens is 1960 g/mol. The average molecular weight is 2070 g/mol. The van der Waals surface area contributed by atoms with Crippen LogP contribution in [0, 0.1) is 30.4 Å². The topological polar surface area (TPSA) is 444 Å². The van der Waals surface area contributed by atoms with Gasteiger partial charge in [-0.05, 0) is 216 Å². The highest BCUT2D eigenvalue weighted by Gasteiger charge is 2.41. The molecule has 17 rings (SSSR count). The van der Waals surface area contributed by atoms with Gasteiger partial charge < -0.3 is 80.5 Å². The van der Waals surface area contributed by atoms with Crippen LogP contribution in [-0.2, 0) is 77.1 Å². The van der Waals surface area contributed by atoms with E-state index < -0.39 is 78.1 Å². The van der Waals surface area contributed by atoms with Crippen LogP contribution in [0.25, 0.3) is 45.0 Å². The lowest BCUT2D eigenvalue weighted by molar-refractivity contribution is -0.160. The number of benzene rings is 6. The molecule has 32 nitrogen and oxygen atoms in total. The number of nitrogens with two attached hydrogens (primary N) is 2. The number of aryl methyl sites for hydroxylation is 1. The molecule has 3 saturated heterocycles. The Morgan fingerprint density at radius 2 is 0.836 bits per heavy atom. The molecule has 0 bridgehead atoms. The van der Waals surface area contributed by atoms with Crippen molar-refractivity contribution in [2.75, 3.05) is 60.0 Å². The Kier molecular flexibility index (Phi) is 38.6. The molecule has 140 heavy (non-hydrogen) atoms. The monoisotopic (exact) mass is 2060 g/mol. The molecule has 7 aliphatic rings. The van der Waals surface area contributed by atoms with Gasteiger partial charge in [0.2, 0.25) is 16.5 Å². The van der Waals surface area contributed by atoms with Gasteiger partial charge in [-0.25, -0.2) is 63.0 Å². The minimum Gasteiger partial charge on any atom is -0.497 e. The van der Waals surface area contributed by atoms with Crippen LogP contribution >= 0.6 is 82.0 Å². The minimum absolute atomic E-state index is 0. The van der Waals surface area contributed by atoms with Crippen molar-refractivity contribution in [3.8, 4) is 50.8 Å². The van der Waals surface area contributed by atoms with Crippen molar-refractivity contribution < 1.29 is 91.2 Å². The zero-order chi connectivity index (χ0) is 101. The largest absolute Gasteiger partial charge is 0.497 e. The number of hydrogen-bond acceptors (Lipinski definition) is 25. The van der Waals surface area contributed by atoms with Crippen molar-refractivity contribution in [2.24, 2.45) is 23.3 Å². The number of hydrogen-bond donors (Lipinski definition) is 7. The Hall–Kier alpha value is -11.2. The normalized spacial score (nSPS) is 16.3.